The van der Waals surface area contributed by atoms with Crippen molar-refractivity contribution in [3.8, 4) is 0 Å². The van der Waals surface area contributed by atoms with E-state index in [2.05, 4.69) is 27.5 Å². The Hall–Kier alpha value is -1.40. The standard InChI is InChI=1S/C13H24N4O2/c1-4-10(5-6-18)8-15-12-7-11(14-2)16-13(17-12)9-19-3/h7,10,18H,4-6,8-9H2,1-3H3,(H2,14,15,16,17). The number of aliphatic hydroxyl groups excluding tert-OH is 1. The lowest BCUT2D eigenvalue weighted by molar-refractivity contribution is 0.178. The topological polar surface area (TPSA) is 79.3 Å². The van der Waals surface area contributed by atoms with E-state index in [0.717, 1.165) is 31.0 Å². The molecule has 0 radical (unpaired) electrons. The first-order chi connectivity index (χ1) is 9.23. The largest absolute Gasteiger partial charge is 0.396 e. The van der Waals surface area contributed by atoms with Gasteiger partial charge in [-0.05, 0) is 12.3 Å². The van der Waals surface area contributed by atoms with E-state index in [1.807, 2.05) is 13.1 Å². The molecule has 1 heterocycles. The molecule has 0 aliphatic carbocycles. The maximum absolute atomic E-state index is 8.98. The smallest absolute Gasteiger partial charge is 0.158 e. The molecule has 1 aromatic heterocycles. The van der Waals surface area contributed by atoms with Crippen LogP contribution in [0.4, 0.5) is 11.6 Å². The van der Waals surface area contributed by atoms with Gasteiger partial charge in [0.25, 0.3) is 0 Å². The Morgan fingerprint density at radius 2 is 2.11 bits per heavy atom. The van der Waals surface area contributed by atoms with Crippen LogP contribution in [-0.4, -0.2) is 42.4 Å². The van der Waals surface area contributed by atoms with Gasteiger partial charge in [0.1, 0.15) is 18.2 Å². The molecule has 6 heteroatoms. The summed E-state index contributed by atoms with van der Waals surface area (Å²) in [5.74, 6) is 2.64. The number of aromatic nitrogens is 2. The van der Waals surface area contributed by atoms with Crippen LogP contribution in [0.15, 0.2) is 6.07 Å². The number of nitrogens with zero attached hydrogens (tertiary/aromatic N) is 2. The van der Waals surface area contributed by atoms with Gasteiger partial charge >= 0.3 is 0 Å². The van der Waals surface area contributed by atoms with E-state index in [9.17, 15) is 0 Å². The predicted molar refractivity (Wildman–Crippen MR) is 76.3 cm³/mol. The quantitative estimate of drug-likeness (QED) is 0.629. The number of anilines is 2. The highest BCUT2D eigenvalue weighted by molar-refractivity contribution is 5.47. The summed E-state index contributed by atoms with van der Waals surface area (Å²) in [7, 11) is 3.44. The zero-order chi connectivity index (χ0) is 14.1. The van der Waals surface area contributed by atoms with Crippen LogP contribution in [0, 0.1) is 5.92 Å². The van der Waals surface area contributed by atoms with E-state index < -0.39 is 0 Å². The van der Waals surface area contributed by atoms with E-state index in [4.69, 9.17) is 9.84 Å². The normalized spacial score (nSPS) is 12.2. The van der Waals surface area contributed by atoms with Crippen LogP contribution in [0.3, 0.4) is 0 Å². The molecule has 0 aromatic carbocycles. The van der Waals surface area contributed by atoms with Crippen LogP contribution in [0.25, 0.3) is 0 Å². The molecule has 1 aromatic rings. The van der Waals surface area contributed by atoms with Crippen LogP contribution in [0.5, 0.6) is 0 Å². The van der Waals surface area contributed by atoms with E-state index in [0.29, 0.717) is 18.3 Å². The van der Waals surface area contributed by atoms with Crippen molar-refractivity contribution in [1.82, 2.24) is 9.97 Å². The van der Waals surface area contributed by atoms with Gasteiger partial charge < -0.3 is 20.5 Å². The fraction of sp³-hybridized carbons (Fsp3) is 0.692. The van der Waals surface area contributed by atoms with Crippen LogP contribution in [0.1, 0.15) is 25.6 Å². The molecule has 19 heavy (non-hydrogen) atoms. The van der Waals surface area contributed by atoms with Crippen molar-refractivity contribution in [1.29, 1.82) is 0 Å². The Balaban J connectivity index is 2.67. The molecule has 108 valence electrons. The molecule has 0 spiro atoms. The Morgan fingerprint density at radius 1 is 1.37 bits per heavy atom. The summed E-state index contributed by atoms with van der Waals surface area (Å²) in [5, 5.41) is 15.3. The molecular formula is C13H24N4O2. The van der Waals surface area contributed by atoms with Crippen molar-refractivity contribution >= 4 is 11.6 Å². The second kappa shape index (κ2) is 8.66. The number of nitrogens with one attached hydrogen (secondary N) is 2. The van der Waals surface area contributed by atoms with Gasteiger partial charge in [-0.15, -0.1) is 0 Å². The van der Waals surface area contributed by atoms with Crippen molar-refractivity contribution in [2.24, 2.45) is 5.92 Å². The molecule has 0 saturated carbocycles. The molecule has 1 unspecified atom stereocenters. The molecule has 0 fully saturated rings. The Morgan fingerprint density at radius 3 is 2.68 bits per heavy atom. The number of methoxy groups -OCH3 is 1. The van der Waals surface area contributed by atoms with Gasteiger partial charge in [0.2, 0.25) is 0 Å². The third-order valence-corrected chi connectivity index (χ3v) is 2.99. The van der Waals surface area contributed by atoms with Crippen molar-refractivity contribution in [3.63, 3.8) is 0 Å². The first-order valence-corrected chi connectivity index (χ1v) is 6.62. The van der Waals surface area contributed by atoms with E-state index >= 15 is 0 Å². The van der Waals surface area contributed by atoms with Crippen molar-refractivity contribution in [3.05, 3.63) is 11.9 Å². The average molecular weight is 268 g/mol. The maximum Gasteiger partial charge on any atom is 0.158 e. The van der Waals surface area contributed by atoms with Crippen molar-refractivity contribution < 1.29 is 9.84 Å². The van der Waals surface area contributed by atoms with Crippen molar-refractivity contribution in [2.75, 3.05) is 37.9 Å². The minimum atomic E-state index is 0.223. The minimum absolute atomic E-state index is 0.223. The van der Waals surface area contributed by atoms with Crippen LogP contribution < -0.4 is 10.6 Å². The molecule has 0 saturated heterocycles. The fourth-order valence-corrected chi connectivity index (χ4v) is 1.79. The van der Waals surface area contributed by atoms with Crippen LogP contribution in [0.2, 0.25) is 0 Å². The van der Waals surface area contributed by atoms with E-state index in [1.165, 1.54) is 0 Å². The molecule has 1 rings (SSSR count). The fourth-order valence-electron chi connectivity index (χ4n) is 1.79. The predicted octanol–water partition coefficient (Wildman–Crippen LogP) is 1.49. The van der Waals surface area contributed by atoms with Crippen LogP contribution >= 0.6 is 0 Å². The van der Waals surface area contributed by atoms with Crippen LogP contribution in [-0.2, 0) is 11.3 Å². The van der Waals surface area contributed by atoms with E-state index in [1.54, 1.807) is 7.11 Å². The van der Waals surface area contributed by atoms with Gasteiger partial charge in [-0.1, -0.05) is 13.3 Å². The highest BCUT2D eigenvalue weighted by atomic mass is 16.5. The molecule has 0 aliphatic rings. The lowest BCUT2D eigenvalue weighted by atomic mass is 10.0. The summed E-state index contributed by atoms with van der Waals surface area (Å²) in [4.78, 5) is 8.69. The summed E-state index contributed by atoms with van der Waals surface area (Å²) in [6.45, 7) is 3.53. The summed E-state index contributed by atoms with van der Waals surface area (Å²) >= 11 is 0. The summed E-state index contributed by atoms with van der Waals surface area (Å²) in [6.07, 6.45) is 1.83. The molecule has 1 atom stereocenters. The Kier molecular flexibility index (Phi) is 7.14. The first-order valence-electron chi connectivity index (χ1n) is 6.62. The Bertz CT molecular complexity index is 374. The van der Waals surface area contributed by atoms with Gasteiger partial charge in [-0.25, -0.2) is 9.97 Å². The third-order valence-electron chi connectivity index (χ3n) is 2.99. The lowest BCUT2D eigenvalue weighted by Crippen LogP contribution is -2.16. The number of hydrogen-bond acceptors (Lipinski definition) is 6. The third kappa shape index (κ3) is 5.40. The number of aliphatic hydroxyl groups is 1. The minimum Gasteiger partial charge on any atom is -0.396 e. The number of ether oxygens (including phenoxy) is 1. The Labute approximate surface area is 114 Å². The van der Waals surface area contributed by atoms with Gasteiger partial charge in [-0.3, -0.25) is 0 Å². The SMILES string of the molecule is CCC(CCO)CNc1cc(NC)nc(COC)n1. The summed E-state index contributed by atoms with van der Waals surface area (Å²) in [5.41, 5.74) is 0. The summed E-state index contributed by atoms with van der Waals surface area (Å²) in [6, 6.07) is 1.87. The van der Waals surface area contributed by atoms with Gasteiger partial charge in [0.15, 0.2) is 5.82 Å². The zero-order valence-corrected chi connectivity index (χ0v) is 11.9. The average Bonchev–Trinajstić information content (AvgIpc) is 2.43. The van der Waals surface area contributed by atoms with Gasteiger partial charge in [0, 0.05) is 33.4 Å². The zero-order valence-electron chi connectivity index (χ0n) is 11.9. The molecule has 3 N–H and O–H groups in total. The monoisotopic (exact) mass is 268 g/mol. The van der Waals surface area contributed by atoms with Gasteiger partial charge in [0.05, 0.1) is 0 Å². The van der Waals surface area contributed by atoms with Crippen molar-refractivity contribution in [2.45, 2.75) is 26.4 Å². The lowest BCUT2D eigenvalue weighted by Gasteiger charge is -2.15. The molecule has 0 bridgehead atoms. The number of hydrogen-bond donors (Lipinski definition) is 3. The van der Waals surface area contributed by atoms with Gasteiger partial charge in [-0.2, -0.15) is 0 Å². The maximum atomic E-state index is 8.98. The number of rotatable bonds is 9. The molecular weight excluding hydrogens is 244 g/mol. The first kappa shape index (κ1) is 15.7. The highest BCUT2D eigenvalue weighted by Crippen LogP contribution is 2.14. The second-order valence-electron chi connectivity index (χ2n) is 4.41. The highest BCUT2D eigenvalue weighted by Gasteiger charge is 2.08. The second-order valence-corrected chi connectivity index (χ2v) is 4.41. The molecule has 6 nitrogen and oxygen atoms in total. The summed E-state index contributed by atoms with van der Waals surface area (Å²) < 4.78 is 5.05. The van der Waals surface area contributed by atoms with E-state index in [-0.39, 0.29) is 6.61 Å². The molecule has 0 aliphatic heterocycles. The molecule has 0 amide bonds.